The third-order valence-electron chi connectivity index (χ3n) is 1.50. The second-order valence-corrected chi connectivity index (χ2v) is 2.57. The zero-order valence-electron chi connectivity index (χ0n) is 6.18. The summed E-state index contributed by atoms with van der Waals surface area (Å²) in [7, 11) is 0. The van der Waals surface area contributed by atoms with Gasteiger partial charge in [0.2, 0.25) is 0 Å². The van der Waals surface area contributed by atoms with Crippen molar-refractivity contribution in [2.75, 3.05) is 6.54 Å². The molecule has 0 saturated heterocycles. The van der Waals surface area contributed by atoms with Gasteiger partial charge in [-0.2, -0.15) is 5.10 Å². The van der Waals surface area contributed by atoms with Crippen LogP contribution >= 0.6 is 0 Å². The molecule has 3 nitrogen and oxygen atoms in total. The molecule has 1 rings (SSSR count). The summed E-state index contributed by atoms with van der Waals surface area (Å²) in [6.45, 7) is 1.91. The van der Waals surface area contributed by atoms with Gasteiger partial charge in [-0.3, -0.25) is 4.79 Å². The summed E-state index contributed by atoms with van der Waals surface area (Å²) >= 11 is 0. The third kappa shape index (κ3) is 2.17. The van der Waals surface area contributed by atoms with Crippen molar-refractivity contribution in [1.29, 1.82) is 0 Å². The Morgan fingerprint density at radius 3 is 2.80 bits per heavy atom. The average Bonchev–Trinajstić information content (AvgIpc) is 1.75. The van der Waals surface area contributed by atoms with E-state index in [9.17, 15) is 4.79 Å². The van der Waals surface area contributed by atoms with E-state index in [1.165, 1.54) is 12.1 Å². The van der Waals surface area contributed by atoms with Crippen LogP contribution in [0.4, 0.5) is 0 Å². The molecule has 10 heavy (non-hydrogen) atoms. The Morgan fingerprint density at radius 1 is 1.70 bits per heavy atom. The third-order valence-corrected chi connectivity index (χ3v) is 1.50. The molecule has 56 valence electrons. The van der Waals surface area contributed by atoms with Crippen molar-refractivity contribution >= 4 is 11.5 Å². The van der Waals surface area contributed by atoms with Crippen LogP contribution in [0.3, 0.4) is 0 Å². The highest BCUT2D eigenvalue weighted by atomic mass is 16.1. The number of carbonyl (C=O) groups is 1. The molecule has 0 aliphatic heterocycles. The van der Waals surface area contributed by atoms with Gasteiger partial charge in [-0.15, -0.1) is 0 Å². The highest BCUT2D eigenvalue weighted by Gasteiger charge is 2.09. The van der Waals surface area contributed by atoms with E-state index in [0.29, 0.717) is 6.54 Å². The molecule has 1 aliphatic carbocycles. The molecule has 3 heteroatoms. The standard InChI is InChI=1S/C7H12N2O/c1-6(10)5-8-9-7-3-2-4-7/h8H,2-5H2,1H3. The first-order valence-corrected chi connectivity index (χ1v) is 3.57. The largest absolute Gasteiger partial charge is 0.303 e. The molecule has 1 N–H and O–H groups in total. The Labute approximate surface area is 60.5 Å². The molecule has 0 aromatic carbocycles. The predicted octanol–water partition coefficient (Wildman–Crippen LogP) is 0.705. The van der Waals surface area contributed by atoms with Crippen molar-refractivity contribution in [1.82, 2.24) is 5.43 Å². The molecular weight excluding hydrogens is 128 g/mol. The molecule has 0 bridgehead atoms. The van der Waals surface area contributed by atoms with E-state index in [4.69, 9.17) is 0 Å². The van der Waals surface area contributed by atoms with Gasteiger partial charge in [-0.25, -0.2) is 0 Å². The smallest absolute Gasteiger partial charge is 0.150 e. The first-order chi connectivity index (χ1) is 4.79. The van der Waals surface area contributed by atoms with Crippen LogP contribution in [0.15, 0.2) is 5.10 Å². The quantitative estimate of drug-likeness (QED) is 0.586. The Hall–Kier alpha value is -0.860. The van der Waals surface area contributed by atoms with Gasteiger partial charge in [0, 0.05) is 5.71 Å². The van der Waals surface area contributed by atoms with E-state index in [1.54, 1.807) is 6.92 Å². The lowest BCUT2D eigenvalue weighted by Gasteiger charge is -2.13. The van der Waals surface area contributed by atoms with E-state index < -0.39 is 0 Å². The molecule has 1 fully saturated rings. The van der Waals surface area contributed by atoms with Gasteiger partial charge in [0.15, 0.2) is 5.78 Å². The molecule has 0 amide bonds. The highest BCUT2D eigenvalue weighted by molar-refractivity contribution is 5.89. The molecule has 0 heterocycles. The van der Waals surface area contributed by atoms with Gasteiger partial charge in [0.05, 0.1) is 6.54 Å². The summed E-state index contributed by atoms with van der Waals surface area (Å²) in [6, 6.07) is 0. The van der Waals surface area contributed by atoms with Gasteiger partial charge >= 0.3 is 0 Å². The molecule has 0 spiro atoms. The van der Waals surface area contributed by atoms with Crippen LogP contribution < -0.4 is 5.43 Å². The number of hydrogen-bond acceptors (Lipinski definition) is 3. The molecule has 1 aliphatic rings. The van der Waals surface area contributed by atoms with Crippen molar-refractivity contribution in [3.8, 4) is 0 Å². The van der Waals surface area contributed by atoms with Crippen LogP contribution in [0.2, 0.25) is 0 Å². The van der Waals surface area contributed by atoms with Crippen LogP contribution in [0, 0.1) is 0 Å². The van der Waals surface area contributed by atoms with Crippen molar-refractivity contribution in [3.63, 3.8) is 0 Å². The van der Waals surface area contributed by atoms with E-state index in [-0.39, 0.29) is 5.78 Å². The fourth-order valence-corrected chi connectivity index (χ4v) is 0.709. The lowest BCUT2D eigenvalue weighted by molar-refractivity contribution is -0.116. The van der Waals surface area contributed by atoms with Crippen molar-refractivity contribution < 1.29 is 4.79 Å². The molecule has 0 aromatic heterocycles. The molecule has 0 aromatic rings. The van der Waals surface area contributed by atoms with E-state index in [2.05, 4.69) is 10.5 Å². The summed E-state index contributed by atoms with van der Waals surface area (Å²) in [5.41, 5.74) is 3.92. The van der Waals surface area contributed by atoms with Crippen LogP contribution in [0.1, 0.15) is 26.2 Å². The summed E-state index contributed by atoms with van der Waals surface area (Å²) in [6.07, 6.45) is 3.45. The van der Waals surface area contributed by atoms with Gasteiger partial charge in [0.1, 0.15) is 0 Å². The number of rotatable bonds is 3. The number of nitrogens with one attached hydrogen (secondary N) is 1. The minimum atomic E-state index is 0.128. The monoisotopic (exact) mass is 140 g/mol. The van der Waals surface area contributed by atoms with Crippen LogP contribution in [-0.4, -0.2) is 18.0 Å². The molecular formula is C7H12N2O. The second-order valence-electron chi connectivity index (χ2n) is 2.57. The SMILES string of the molecule is CC(=O)CNN=C1CCC1. The van der Waals surface area contributed by atoms with Crippen molar-refractivity contribution in [2.45, 2.75) is 26.2 Å². The molecule has 1 saturated carbocycles. The normalized spacial score (nSPS) is 15.9. The number of ketones is 1. The van der Waals surface area contributed by atoms with Gasteiger partial charge in [-0.1, -0.05) is 0 Å². The lowest BCUT2D eigenvalue weighted by atomic mass is 9.98. The first-order valence-electron chi connectivity index (χ1n) is 3.57. The maximum absolute atomic E-state index is 10.4. The Bertz CT molecular complexity index is 157. The van der Waals surface area contributed by atoms with E-state index in [1.807, 2.05) is 0 Å². The van der Waals surface area contributed by atoms with Gasteiger partial charge in [0.25, 0.3) is 0 Å². The minimum Gasteiger partial charge on any atom is -0.303 e. The Morgan fingerprint density at radius 2 is 2.40 bits per heavy atom. The fraction of sp³-hybridized carbons (Fsp3) is 0.714. The average molecular weight is 140 g/mol. The van der Waals surface area contributed by atoms with Crippen LogP contribution in [-0.2, 0) is 4.79 Å². The summed E-state index contributed by atoms with van der Waals surface area (Å²) < 4.78 is 0. The van der Waals surface area contributed by atoms with Gasteiger partial charge in [-0.05, 0) is 26.2 Å². The number of carbonyl (C=O) groups excluding carboxylic acids is 1. The van der Waals surface area contributed by atoms with E-state index >= 15 is 0 Å². The molecule has 0 radical (unpaired) electrons. The lowest BCUT2D eigenvalue weighted by Crippen LogP contribution is -2.20. The predicted molar refractivity (Wildman–Crippen MR) is 40.0 cm³/mol. The Balaban J connectivity index is 2.09. The van der Waals surface area contributed by atoms with Crippen LogP contribution in [0.5, 0.6) is 0 Å². The summed E-state index contributed by atoms with van der Waals surface area (Å²) in [5, 5.41) is 4.02. The van der Waals surface area contributed by atoms with Gasteiger partial charge < -0.3 is 5.43 Å². The number of hydrogen-bond donors (Lipinski definition) is 1. The fourth-order valence-electron chi connectivity index (χ4n) is 0.709. The minimum absolute atomic E-state index is 0.128. The number of Topliss-reactive ketones (excluding diaryl/α,β-unsaturated/α-hetero) is 1. The number of hydrazone groups is 1. The number of nitrogens with zero attached hydrogens (tertiary/aromatic N) is 1. The second kappa shape index (κ2) is 3.34. The topological polar surface area (TPSA) is 41.5 Å². The zero-order chi connectivity index (χ0) is 7.40. The molecule has 0 unspecified atom stereocenters. The maximum atomic E-state index is 10.4. The van der Waals surface area contributed by atoms with Crippen LogP contribution in [0.25, 0.3) is 0 Å². The molecule has 0 atom stereocenters. The highest BCUT2D eigenvalue weighted by Crippen LogP contribution is 2.13. The maximum Gasteiger partial charge on any atom is 0.150 e. The summed E-state index contributed by atoms with van der Waals surface area (Å²) in [4.78, 5) is 10.4. The first kappa shape index (κ1) is 7.25. The van der Waals surface area contributed by atoms with Crippen molar-refractivity contribution in [2.24, 2.45) is 5.10 Å². The van der Waals surface area contributed by atoms with Crippen molar-refractivity contribution in [3.05, 3.63) is 0 Å². The van der Waals surface area contributed by atoms with E-state index in [0.717, 1.165) is 12.8 Å². The zero-order valence-corrected chi connectivity index (χ0v) is 6.18. The Kier molecular flexibility index (Phi) is 2.42. The summed E-state index contributed by atoms with van der Waals surface area (Å²) in [5.74, 6) is 0.128.